The van der Waals surface area contributed by atoms with E-state index in [4.69, 9.17) is 21.6 Å². The summed E-state index contributed by atoms with van der Waals surface area (Å²) < 4.78 is 0. The molecule has 5 aromatic rings. The number of aryl methyl sites for hydroxylation is 1. The fourth-order valence-electron chi connectivity index (χ4n) is 3.55. The van der Waals surface area contributed by atoms with Crippen LogP contribution in [-0.2, 0) is 0 Å². The van der Waals surface area contributed by atoms with Gasteiger partial charge < -0.3 is 4.98 Å². The van der Waals surface area contributed by atoms with Crippen LogP contribution in [0.3, 0.4) is 0 Å². The van der Waals surface area contributed by atoms with Gasteiger partial charge in [0, 0.05) is 28.8 Å². The first-order valence-corrected chi connectivity index (χ1v) is 9.50. The minimum Gasteiger partial charge on any atom is -0.305 e. The summed E-state index contributed by atoms with van der Waals surface area (Å²) in [5.41, 5.74) is 5.81. The Bertz CT molecular complexity index is 1440. The molecule has 29 heavy (non-hydrogen) atoms. The summed E-state index contributed by atoms with van der Waals surface area (Å²) in [4.78, 5) is 28.6. The Morgan fingerprint density at radius 3 is 2.59 bits per heavy atom. The third-order valence-corrected chi connectivity index (χ3v) is 5.26. The summed E-state index contributed by atoms with van der Waals surface area (Å²) >= 11 is 6.56. The van der Waals surface area contributed by atoms with Crippen molar-refractivity contribution >= 4 is 33.7 Å². The number of rotatable bonds is 2. The van der Waals surface area contributed by atoms with Gasteiger partial charge in [-0.05, 0) is 30.7 Å². The van der Waals surface area contributed by atoms with Crippen molar-refractivity contribution < 1.29 is 0 Å². The maximum Gasteiger partial charge on any atom is 0.249 e. The van der Waals surface area contributed by atoms with Crippen LogP contribution in [-0.4, -0.2) is 19.9 Å². The number of aromatic nitrogens is 4. The molecule has 0 amide bonds. The second-order valence-corrected chi connectivity index (χ2v) is 7.18. The molecule has 0 aliphatic carbocycles. The summed E-state index contributed by atoms with van der Waals surface area (Å²) in [7, 11) is 0. The lowest BCUT2D eigenvalue weighted by Gasteiger charge is -2.14. The van der Waals surface area contributed by atoms with Gasteiger partial charge in [0.05, 0.1) is 21.9 Å². The van der Waals surface area contributed by atoms with Crippen LogP contribution >= 0.6 is 11.6 Å². The minimum absolute atomic E-state index is 0.213. The molecule has 0 radical (unpaired) electrons. The quantitative estimate of drug-likeness (QED) is 0.445. The standard InChI is InChI=1S/C23H15ClN4O/c1-13-15-8-5-11-25-21(15)17(24)12-16(13)22-20(14-6-3-2-4-7-14)28-23-18(26-22)9-10-19(29)27-23/h2-12H,1H3,(H,27,28,29). The Balaban J connectivity index is 1.90. The van der Waals surface area contributed by atoms with E-state index in [1.54, 1.807) is 12.3 Å². The molecule has 0 saturated carbocycles. The number of hydrogen-bond acceptors (Lipinski definition) is 4. The van der Waals surface area contributed by atoms with Crippen LogP contribution in [0.4, 0.5) is 0 Å². The van der Waals surface area contributed by atoms with Crippen LogP contribution in [0.1, 0.15) is 5.56 Å². The lowest BCUT2D eigenvalue weighted by molar-refractivity contribution is 1.19. The highest BCUT2D eigenvalue weighted by Gasteiger charge is 2.18. The Morgan fingerprint density at radius 1 is 0.931 bits per heavy atom. The van der Waals surface area contributed by atoms with Crippen molar-refractivity contribution in [1.29, 1.82) is 0 Å². The third kappa shape index (κ3) is 2.96. The molecule has 5 nitrogen and oxygen atoms in total. The Labute approximate surface area is 171 Å². The van der Waals surface area contributed by atoms with Crippen LogP contribution in [0.2, 0.25) is 5.02 Å². The van der Waals surface area contributed by atoms with Gasteiger partial charge in [-0.1, -0.05) is 48.0 Å². The molecule has 0 atom stereocenters. The van der Waals surface area contributed by atoms with E-state index in [0.29, 0.717) is 27.6 Å². The first kappa shape index (κ1) is 17.5. The number of nitrogens with one attached hydrogen (secondary N) is 1. The largest absolute Gasteiger partial charge is 0.305 e. The summed E-state index contributed by atoms with van der Waals surface area (Å²) in [6, 6.07) is 18.7. The van der Waals surface area contributed by atoms with Gasteiger partial charge in [0.2, 0.25) is 5.56 Å². The molecule has 0 bridgehead atoms. The number of hydrogen-bond donors (Lipinski definition) is 1. The van der Waals surface area contributed by atoms with E-state index in [9.17, 15) is 4.79 Å². The molecule has 140 valence electrons. The molecule has 0 aliphatic heterocycles. The van der Waals surface area contributed by atoms with Crippen molar-refractivity contribution in [2.45, 2.75) is 6.92 Å². The number of H-pyrrole nitrogens is 1. The van der Waals surface area contributed by atoms with Crippen molar-refractivity contribution in [2.75, 3.05) is 0 Å². The fraction of sp³-hybridized carbons (Fsp3) is 0.0435. The van der Waals surface area contributed by atoms with Crippen molar-refractivity contribution in [3.63, 3.8) is 0 Å². The molecular formula is C23H15ClN4O. The number of aromatic amines is 1. The highest BCUT2D eigenvalue weighted by atomic mass is 35.5. The first-order valence-electron chi connectivity index (χ1n) is 9.12. The Kier molecular flexibility index (Phi) is 4.11. The highest BCUT2D eigenvalue weighted by molar-refractivity contribution is 6.35. The van der Waals surface area contributed by atoms with Crippen LogP contribution in [0, 0.1) is 6.92 Å². The van der Waals surface area contributed by atoms with Crippen LogP contribution in [0.5, 0.6) is 0 Å². The normalized spacial score (nSPS) is 11.2. The molecule has 1 N–H and O–H groups in total. The molecule has 0 saturated heterocycles. The fourth-order valence-corrected chi connectivity index (χ4v) is 3.81. The lowest BCUT2D eigenvalue weighted by atomic mass is 9.97. The smallest absolute Gasteiger partial charge is 0.249 e. The predicted molar refractivity (Wildman–Crippen MR) is 116 cm³/mol. The van der Waals surface area contributed by atoms with Gasteiger partial charge in [-0.2, -0.15) is 0 Å². The number of halogens is 1. The molecule has 0 fully saturated rings. The monoisotopic (exact) mass is 398 g/mol. The van der Waals surface area contributed by atoms with Crippen molar-refractivity contribution in [1.82, 2.24) is 19.9 Å². The third-order valence-electron chi connectivity index (χ3n) is 4.97. The average molecular weight is 399 g/mol. The molecule has 0 aliphatic rings. The Morgan fingerprint density at radius 2 is 1.76 bits per heavy atom. The molecule has 2 aromatic carbocycles. The SMILES string of the molecule is Cc1c(-c2nc3ccc(=O)[nH]c3nc2-c2ccccc2)cc(Cl)c2ncccc12. The highest BCUT2D eigenvalue weighted by Crippen LogP contribution is 2.37. The topological polar surface area (TPSA) is 71.5 Å². The number of fused-ring (bicyclic) bond motifs is 2. The first-order chi connectivity index (χ1) is 14.1. The van der Waals surface area contributed by atoms with Crippen LogP contribution in [0.15, 0.2) is 71.7 Å². The van der Waals surface area contributed by atoms with E-state index in [2.05, 4.69) is 9.97 Å². The second-order valence-electron chi connectivity index (χ2n) is 6.77. The number of nitrogens with zero attached hydrogens (tertiary/aromatic N) is 3. The van der Waals surface area contributed by atoms with Crippen LogP contribution < -0.4 is 5.56 Å². The maximum atomic E-state index is 11.8. The van der Waals surface area contributed by atoms with Gasteiger partial charge in [0.15, 0.2) is 5.65 Å². The second kappa shape index (κ2) is 6.79. The summed E-state index contributed by atoms with van der Waals surface area (Å²) in [5.74, 6) is 0. The van der Waals surface area contributed by atoms with Crippen molar-refractivity contribution in [3.05, 3.63) is 87.8 Å². The van der Waals surface area contributed by atoms with E-state index in [-0.39, 0.29) is 5.56 Å². The maximum absolute atomic E-state index is 11.8. The molecule has 3 aromatic heterocycles. The Hall–Kier alpha value is -3.57. The molecule has 3 heterocycles. The van der Waals surface area contributed by atoms with Gasteiger partial charge in [-0.15, -0.1) is 0 Å². The average Bonchev–Trinajstić information content (AvgIpc) is 2.76. The van der Waals surface area contributed by atoms with E-state index in [1.807, 2.05) is 55.5 Å². The van der Waals surface area contributed by atoms with E-state index >= 15 is 0 Å². The molecule has 5 rings (SSSR count). The van der Waals surface area contributed by atoms with Crippen molar-refractivity contribution in [3.8, 4) is 22.5 Å². The van der Waals surface area contributed by atoms with Gasteiger partial charge in [0.1, 0.15) is 5.52 Å². The summed E-state index contributed by atoms with van der Waals surface area (Å²) in [6.07, 6.45) is 1.73. The molecule has 0 unspecified atom stereocenters. The molecule has 6 heteroatoms. The number of benzene rings is 2. The van der Waals surface area contributed by atoms with Crippen molar-refractivity contribution in [2.24, 2.45) is 0 Å². The molecule has 0 spiro atoms. The van der Waals surface area contributed by atoms with Gasteiger partial charge in [-0.25, -0.2) is 9.97 Å². The molecular weight excluding hydrogens is 384 g/mol. The predicted octanol–water partition coefficient (Wildman–Crippen LogP) is 5.16. The summed E-state index contributed by atoms with van der Waals surface area (Å²) in [5, 5.41) is 1.53. The number of pyridine rings is 2. The van der Waals surface area contributed by atoms with E-state index in [0.717, 1.165) is 27.6 Å². The van der Waals surface area contributed by atoms with Gasteiger partial charge in [0.25, 0.3) is 0 Å². The zero-order valence-electron chi connectivity index (χ0n) is 15.5. The van der Waals surface area contributed by atoms with Gasteiger partial charge in [-0.3, -0.25) is 9.78 Å². The zero-order valence-corrected chi connectivity index (χ0v) is 16.2. The van der Waals surface area contributed by atoms with Crippen LogP contribution in [0.25, 0.3) is 44.6 Å². The zero-order chi connectivity index (χ0) is 20.0. The van der Waals surface area contributed by atoms with E-state index < -0.39 is 0 Å². The van der Waals surface area contributed by atoms with Gasteiger partial charge >= 0.3 is 0 Å². The lowest BCUT2D eigenvalue weighted by Crippen LogP contribution is -2.06. The minimum atomic E-state index is -0.213. The van der Waals surface area contributed by atoms with E-state index in [1.165, 1.54) is 6.07 Å². The summed E-state index contributed by atoms with van der Waals surface area (Å²) in [6.45, 7) is 2.03.